The Kier molecular flexibility index (Phi) is 21.2. The summed E-state index contributed by atoms with van der Waals surface area (Å²) in [7, 11) is 2.26. The fourth-order valence-corrected chi connectivity index (χ4v) is 3.16. The highest BCUT2D eigenvalue weighted by atomic mass is 32.2. The number of hydrogen-bond donors (Lipinski definition) is 1. The highest BCUT2D eigenvalue weighted by Gasteiger charge is 2.13. The number of rotatable bonds is 14. The van der Waals surface area contributed by atoms with Gasteiger partial charge in [-0.15, -0.1) is 24.1 Å². The van der Waals surface area contributed by atoms with Crippen molar-refractivity contribution < 1.29 is 4.79 Å². The van der Waals surface area contributed by atoms with Gasteiger partial charge in [-0.1, -0.05) is 33.1 Å². The van der Waals surface area contributed by atoms with E-state index < -0.39 is 0 Å². The number of hydrogen-bond acceptors (Lipinski definition) is 3. The first-order chi connectivity index (χ1) is 11.6. The number of carbonyl (C=O) groups is 1. The zero-order chi connectivity index (χ0) is 18.6. The van der Waals surface area contributed by atoms with Gasteiger partial charge in [0, 0.05) is 12.6 Å². The van der Waals surface area contributed by atoms with E-state index in [1.54, 1.807) is 18.7 Å². The van der Waals surface area contributed by atoms with Crippen LogP contribution < -0.4 is 5.32 Å². The normalized spacial score (nSPS) is 12.1. The topological polar surface area (TPSA) is 32.3 Å². The third kappa shape index (κ3) is 16.0. The molecular formula is C20H38N2OS. The summed E-state index contributed by atoms with van der Waals surface area (Å²) in [5.41, 5.74) is 1.32. The van der Waals surface area contributed by atoms with Gasteiger partial charge in [0.15, 0.2) is 0 Å². The Morgan fingerprint density at radius 1 is 1.29 bits per heavy atom. The van der Waals surface area contributed by atoms with Crippen molar-refractivity contribution in [2.24, 2.45) is 0 Å². The van der Waals surface area contributed by atoms with Crippen LogP contribution in [0.4, 0.5) is 0 Å². The van der Waals surface area contributed by atoms with Gasteiger partial charge in [0.2, 0.25) is 6.41 Å². The molecule has 0 fully saturated rings. The summed E-state index contributed by atoms with van der Waals surface area (Å²) in [5, 5.41) is 4.93. The fraction of sp³-hybridized carbons (Fsp3) is 0.750. The number of terminal acetylenes is 1. The Morgan fingerprint density at radius 3 is 2.46 bits per heavy atom. The van der Waals surface area contributed by atoms with Crippen LogP contribution >= 0.6 is 11.8 Å². The Bertz CT molecular complexity index is 350. The van der Waals surface area contributed by atoms with E-state index in [2.05, 4.69) is 55.1 Å². The zero-order valence-electron chi connectivity index (χ0n) is 16.4. The summed E-state index contributed by atoms with van der Waals surface area (Å²) in [6.07, 6.45) is 16.2. The minimum atomic E-state index is 0.683. The second kappa shape index (κ2) is 20.1. The molecule has 0 aromatic carbocycles. The van der Waals surface area contributed by atoms with Crippen LogP contribution in [-0.4, -0.2) is 43.7 Å². The van der Waals surface area contributed by atoms with Crippen molar-refractivity contribution in [3.8, 4) is 12.3 Å². The van der Waals surface area contributed by atoms with Crippen LogP contribution in [0.1, 0.15) is 65.7 Å². The maximum atomic E-state index is 10.4. The molecule has 4 heteroatoms. The van der Waals surface area contributed by atoms with E-state index >= 15 is 0 Å². The Balaban J connectivity index is 0. The molecule has 0 radical (unpaired) electrons. The Morgan fingerprint density at radius 2 is 1.96 bits per heavy atom. The summed E-state index contributed by atoms with van der Waals surface area (Å²) in [4.78, 5) is 12.9. The first-order valence-corrected chi connectivity index (χ1v) is 10.3. The minimum Gasteiger partial charge on any atom is -0.355 e. The van der Waals surface area contributed by atoms with Crippen LogP contribution in [0.2, 0.25) is 0 Å². The van der Waals surface area contributed by atoms with Gasteiger partial charge in [0.25, 0.3) is 0 Å². The summed E-state index contributed by atoms with van der Waals surface area (Å²) < 4.78 is 0. The molecule has 0 aliphatic heterocycles. The molecule has 0 rings (SSSR count). The smallest absolute Gasteiger partial charge is 0.207 e. The third-order valence-corrected chi connectivity index (χ3v) is 4.41. The molecule has 24 heavy (non-hydrogen) atoms. The molecule has 1 amide bonds. The van der Waals surface area contributed by atoms with Crippen LogP contribution in [0.15, 0.2) is 11.0 Å². The lowest BCUT2D eigenvalue weighted by Gasteiger charge is -2.28. The minimum absolute atomic E-state index is 0.683. The highest BCUT2D eigenvalue weighted by Crippen LogP contribution is 2.15. The van der Waals surface area contributed by atoms with Crippen LogP contribution in [0.25, 0.3) is 0 Å². The van der Waals surface area contributed by atoms with E-state index in [9.17, 15) is 4.79 Å². The predicted molar refractivity (Wildman–Crippen MR) is 110 cm³/mol. The van der Waals surface area contributed by atoms with Gasteiger partial charge in [-0.05, 0) is 63.4 Å². The van der Waals surface area contributed by atoms with E-state index in [1.807, 2.05) is 0 Å². The number of carbonyl (C=O) groups excluding carboxylic acids is 1. The Hall–Kier alpha value is -0.920. The van der Waals surface area contributed by atoms with E-state index in [-0.39, 0.29) is 0 Å². The first kappa shape index (κ1) is 25.3. The lowest BCUT2D eigenvalue weighted by Crippen LogP contribution is -2.32. The monoisotopic (exact) mass is 354 g/mol. The molecule has 0 spiro atoms. The van der Waals surface area contributed by atoms with Crippen LogP contribution in [-0.2, 0) is 4.79 Å². The lowest BCUT2D eigenvalue weighted by atomic mass is 10.0. The summed E-state index contributed by atoms with van der Waals surface area (Å²) in [6, 6.07) is 0.732. The number of nitrogens with one attached hydrogen (secondary N) is 1. The third-order valence-electron chi connectivity index (χ3n) is 3.84. The molecule has 3 nitrogen and oxygen atoms in total. The van der Waals surface area contributed by atoms with Gasteiger partial charge in [-0.25, -0.2) is 0 Å². The van der Waals surface area contributed by atoms with Crippen molar-refractivity contribution in [3.63, 3.8) is 0 Å². The first-order valence-electron chi connectivity index (χ1n) is 9.06. The van der Waals surface area contributed by atoms with Crippen molar-refractivity contribution in [2.45, 2.75) is 71.8 Å². The summed E-state index contributed by atoms with van der Waals surface area (Å²) in [5.74, 6) is 2.25. The molecule has 0 aromatic heterocycles. The SMILES string of the molecule is C#CC.CCCCC(CCC)N(C)CCC/C(=C/SC)CNC=O. The quantitative estimate of drug-likeness (QED) is 0.363. The molecule has 1 unspecified atom stereocenters. The number of amides is 1. The molecule has 0 saturated carbocycles. The molecule has 140 valence electrons. The molecule has 0 heterocycles. The summed E-state index contributed by atoms with van der Waals surface area (Å²) >= 11 is 1.71. The molecule has 0 aromatic rings. The predicted octanol–water partition coefficient (Wildman–Crippen LogP) is 4.69. The average Bonchev–Trinajstić information content (AvgIpc) is 2.57. The van der Waals surface area contributed by atoms with Crippen molar-refractivity contribution >= 4 is 18.2 Å². The molecular weight excluding hydrogens is 316 g/mol. The standard InChI is InChI=1S/C17H34N2OS.C3H4/c1-5-7-11-17(9-6-2)19(3)12-8-10-16(14-21-4)13-18-15-20;1-3-2/h14-15,17H,5-13H2,1-4H3,(H,18,20);1H,2H3/b16-14-;. The molecule has 0 aliphatic rings. The fourth-order valence-electron chi connectivity index (χ4n) is 2.62. The van der Waals surface area contributed by atoms with Gasteiger partial charge in [0.1, 0.15) is 0 Å². The number of thioether (sulfide) groups is 1. The number of unbranched alkanes of at least 4 members (excludes halogenated alkanes) is 1. The highest BCUT2D eigenvalue weighted by molar-refractivity contribution is 8.01. The number of nitrogens with zero attached hydrogens (tertiary/aromatic N) is 1. The van der Waals surface area contributed by atoms with Crippen molar-refractivity contribution in [1.82, 2.24) is 10.2 Å². The van der Waals surface area contributed by atoms with Gasteiger partial charge >= 0.3 is 0 Å². The molecule has 0 aliphatic carbocycles. The average molecular weight is 355 g/mol. The lowest BCUT2D eigenvalue weighted by molar-refractivity contribution is -0.109. The molecule has 0 bridgehead atoms. The molecule has 1 N–H and O–H groups in total. The summed E-state index contributed by atoms with van der Waals surface area (Å²) in [6.45, 7) is 8.02. The largest absolute Gasteiger partial charge is 0.355 e. The van der Waals surface area contributed by atoms with Gasteiger partial charge in [-0.2, -0.15) is 0 Å². The van der Waals surface area contributed by atoms with Gasteiger partial charge < -0.3 is 10.2 Å². The Labute approximate surface area is 155 Å². The van der Waals surface area contributed by atoms with Gasteiger partial charge in [0.05, 0.1) is 0 Å². The van der Waals surface area contributed by atoms with Crippen molar-refractivity contribution in [3.05, 3.63) is 11.0 Å². The molecule has 1 atom stereocenters. The molecule has 0 saturated heterocycles. The van der Waals surface area contributed by atoms with E-state index in [0.717, 1.165) is 31.8 Å². The van der Waals surface area contributed by atoms with E-state index in [1.165, 1.54) is 37.7 Å². The van der Waals surface area contributed by atoms with Crippen LogP contribution in [0, 0.1) is 12.3 Å². The second-order valence-corrected chi connectivity index (χ2v) is 6.68. The maximum Gasteiger partial charge on any atom is 0.207 e. The van der Waals surface area contributed by atoms with Crippen LogP contribution in [0.3, 0.4) is 0 Å². The zero-order valence-corrected chi connectivity index (χ0v) is 17.3. The second-order valence-electron chi connectivity index (χ2n) is 5.97. The maximum absolute atomic E-state index is 10.4. The van der Waals surface area contributed by atoms with Gasteiger partial charge in [-0.3, -0.25) is 4.79 Å². The van der Waals surface area contributed by atoms with Crippen molar-refractivity contribution in [1.29, 1.82) is 0 Å². The van der Waals surface area contributed by atoms with Crippen LogP contribution in [0.5, 0.6) is 0 Å². The van der Waals surface area contributed by atoms with E-state index in [0.29, 0.717) is 6.54 Å². The van der Waals surface area contributed by atoms with Crippen molar-refractivity contribution in [2.75, 3.05) is 26.4 Å². The van der Waals surface area contributed by atoms with E-state index in [4.69, 9.17) is 0 Å².